The van der Waals surface area contributed by atoms with Gasteiger partial charge in [-0.25, -0.2) is 0 Å². The van der Waals surface area contributed by atoms with E-state index in [2.05, 4.69) is 4.98 Å². The maximum Gasteiger partial charge on any atom is 0.0805 e. The molecule has 3 nitrogen and oxygen atoms in total. The monoisotopic (exact) mass is 181 g/mol. The van der Waals surface area contributed by atoms with Crippen molar-refractivity contribution in [1.82, 2.24) is 4.98 Å². The first-order chi connectivity index (χ1) is 6.24. The van der Waals surface area contributed by atoms with Crippen molar-refractivity contribution in [3.63, 3.8) is 0 Å². The molecule has 13 heavy (non-hydrogen) atoms. The summed E-state index contributed by atoms with van der Waals surface area (Å²) in [7, 11) is 0. The van der Waals surface area contributed by atoms with Gasteiger partial charge < -0.3 is 10.2 Å². The van der Waals surface area contributed by atoms with Crippen LogP contribution in [-0.4, -0.2) is 21.8 Å². The minimum absolute atomic E-state index is 0.121. The lowest BCUT2D eigenvalue weighted by Crippen LogP contribution is -1.99. The van der Waals surface area contributed by atoms with E-state index in [1.54, 1.807) is 6.20 Å². The number of aromatic nitrogens is 1. The molecular formula is C10H15NO2. The van der Waals surface area contributed by atoms with E-state index in [-0.39, 0.29) is 6.61 Å². The first-order valence-electron chi connectivity index (χ1n) is 4.45. The van der Waals surface area contributed by atoms with Gasteiger partial charge in [-0.3, -0.25) is 4.98 Å². The number of rotatable bonds is 4. The fourth-order valence-corrected chi connectivity index (χ4v) is 1.13. The maximum absolute atomic E-state index is 9.59. The second kappa shape index (κ2) is 4.94. The van der Waals surface area contributed by atoms with E-state index in [1.165, 1.54) is 0 Å². The molecule has 0 spiro atoms. The van der Waals surface area contributed by atoms with Crippen LogP contribution in [0.3, 0.4) is 0 Å². The lowest BCUT2D eigenvalue weighted by atomic mass is 10.1. The van der Waals surface area contributed by atoms with Crippen LogP contribution in [0.1, 0.15) is 30.2 Å². The van der Waals surface area contributed by atoms with Gasteiger partial charge in [0.1, 0.15) is 0 Å². The van der Waals surface area contributed by atoms with Crippen molar-refractivity contribution in [3.8, 4) is 0 Å². The Morgan fingerprint density at radius 3 is 2.77 bits per heavy atom. The smallest absolute Gasteiger partial charge is 0.0805 e. The number of aryl methyl sites for hydroxylation is 1. The standard InChI is InChI=1S/C10H15NO2/c1-8-4-5-9(7-11-8)10(13)3-2-6-12/h4-5,7,10,12-13H,2-3,6H2,1H3/t10-/m1/s1. The van der Waals surface area contributed by atoms with E-state index >= 15 is 0 Å². The average molecular weight is 181 g/mol. The highest BCUT2D eigenvalue weighted by atomic mass is 16.3. The van der Waals surface area contributed by atoms with Crippen LogP contribution < -0.4 is 0 Å². The fraction of sp³-hybridized carbons (Fsp3) is 0.500. The number of hydrogen-bond acceptors (Lipinski definition) is 3. The number of aliphatic hydroxyl groups is 2. The Balaban J connectivity index is 2.55. The summed E-state index contributed by atoms with van der Waals surface area (Å²) in [5.74, 6) is 0. The average Bonchev–Trinajstić information content (AvgIpc) is 2.15. The van der Waals surface area contributed by atoms with Gasteiger partial charge >= 0.3 is 0 Å². The molecule has 0 radical (unpaired) electrons. The first-order valence-corrected chi connectivity index (χ1v) is 4.45. The van der Waals surface area contributed by atoms with Crippen LogP contribution in [0, 0.1) is 6.92 Å². The lowest BCUT2D eigenvalue weighted by Gasteiger charge is -2.09. The van der Waals surface area contributed by atoms with E-state index in [0.717, 1.165) is 11.3 Å². The summed E-state index contributed by atoms with van der Waals surface area (Å²) in [6, 6.07) is 3.74. The highest BCUT2D eigenvalue weighted by Gasteiger charge is 2.06. The Bertz CT molecular complexity index is 246. The third-order valence-corrected chi connectivity index (χ3v) is 1.95. The molecule has 0 aliphatic rings. The van der Waals surface area contributed by atoms with Gasteiger partial charge in [0.2, 0.25) is 0 Å². The van der Waals surface area contributed by atoms with Gasteiger partial charge in [0.05, 0.1) is 6.10 Å². The minimum atomic E-state index is -0.500. The van der Waals surface area contributed by atoms with Crippen LogP contribution in [0.2, 0.25) is 0 Å². The maximum atomic E-state index is 9.59. The Labute approximate surface area is 78.1 Å². The van der Waals surface area contributed by atoms with Crippen molar-refractivity contribution in [3.05, 3.63) is 29.6 Å². The van der Waals surface area contributed by atoms with Crippen LogP contribution in [-0.2, 0) is 0 Å². The van der Waals surface area contributed by atoms with Crippen LogP contribution in [0.25, 0.3) is 0 Å². The van der Waals surface area contributed by atoms with Gasteiger partial charge in [0.15, 0.2) is 0 Å². The molecule has 0 fully saturated rings. The summed E-state index contributed by atoms with van der Waals surface area (Å²) in [6.07, 6.45) is 2.38. The van der Waals surface area contributed by atoms with Crippen molar-refractivity contribution >= 4 is 0 Å². The largest absolute Gasteiger partial charge is 0.396 e. The Morgan fingerprint density at radius 1 is 1.46 bits per heavy atom. The highest BCUT2D eigenvalue weighted by molar-refractivity contribution is 5.15. The van der Waals surface area contributed by atoms with Crippen molar-refractivity contribution in [1.29, 1.82) is 0 Å². The molecule has 1 atom stereocenters. The van der Waals surface area contributed by atoms with E-state index < -0.39 is 6.10 Å². The normalized spacial score (nSPS) is 12.8. The van der Waals surface area contributed by atoms with Crippen molar-refractivity contribution in [2.24, 2.45) is 0 Å². The molecule has 0 bridgehead atoms. The first kappa shape index (κ1) is 10.2. The van der Waals surface area contributed by atoms with Gasteiger partial charge in [-0.05, 0) is 31.4 Å². The molecule has 0 aromatic carbocycles. The SMILES string of the molecule is Cc1ccc([C@H](O)CCCO)cn1. The molecule has 0 aliphatic carbocycles. The van der Waals surface area contributed by atoms with Crippen molar-refractivity contribution in [2.45, 2.75) is 25.9 Å². The zero-order valence-electron chi connectivity index (χ0n) is 7.77. The number of nitrogens with zero attached hydrogens (tertiary/aromatic N) is 1. The summed E-state index contributed by atoms with van der Waals surface area (Å²) < 4.78 is 0. The van der Waals surface area contributed by atoms with Gasteiger partial charge in [-0.15, -0.1) is 0 Å². The quantitative estimate of drug-likeness (QED) is 0.733. The van der Waals surface area contributed by atoms with Gasteiger partial charge in [0.25, 0.3) is 0 Å². The van der Waals surface area contributed by atoms with Crippen LogP contribution in [0.15, 0.2) is 18.3 Å². The molecule has 1 aromatic rings. The lowest BCUT2D eigenvalue weighted by molar-refractivity contribution is 0.151. The fourth-order valence-electron chi connectivity index (χ4n) is 1.13. The third-order valence-electron chi connectivity index (χ3n) is 1.95. The number of hydrogen-bond donors (Lipinski definition) is 2. The molecule has 0 saturated heterocycles. The molecule has 0 aliphatic heterocycles. The number of pyridine rings is 1. The molecule has 1 aromatic heterocycles. The van der Waals surface area contributed by atoms with Crippen molar-refractivity contribution in [2.75, 3.05) is 6.61 Å². The minimum Gasteiger partial charge on any atom is -0.396 e. The van der Waals surface area contributed by atoms with Gasteiger partial charge in [-0.2, -0.15) is 0 Å². The number of aliphatic hydroxyl groups excluding tert-OH is 2. The third kappa shape index (κ3) is 3.13. The van der Waals surface area contributed by atoms with Crippen molar-refractivity contribution < 1.29 is 10.2 Å². The Morgan fingerprint density at radius 2 is 2.23 bits per heavy atom. The molecule has 2 N–H and O–H groups in total. The predicted molar refractivity (Wildman–Crippen MR) is 50.3 cm³/mol. The molecule has 72 valence electrons. The summed E-state index contributed by atoms with van der Waals surface area (Å²) >= 11 is 0. The topological polar surface area (TPSA) is 53.4 Å². The Kier molecular flexibility index (Phi) is 3.86. The summed E-state index contributed by atoms with van der Waals surface area (Å²) in [6.45, 7) is 2.03. The second-order valence-corrected chi connectivity index (χ2v) is 3.11. The Hall–Kier alpha value is -0.930. The molecule has 1 rings (SSSR count). The van der Waals surface area contributed by atoms with Gasteiger partial charge in [-0.1, -0.05) is 6.07 Å². The van der Waals surface area contributed by atoms with Crippen LogP contribution in [0.5, 0.6) is 0 Å². The van der Waals surface area contributed by atoms with Crippen LogP contribution >= 0.6 is 0 Å². The molecule has 1 heterocycles. The van der Waals surface area contributed by atoms with E-state index in [9.17, 15) is 5.11 Å². The van der Waals surface area contributed by atoms with Crippen LogP contribution in [0.4, 0.5) is 0 Å². The second-order valence-electron chi connectivity index (χ2n) is 3.11. The molecule has 3 heteroatoms. The van der Waals surface area contributed by atoms with E-state index in [4.69, 9.17) is 5.11 Å². The highest BCUT2D eigenvalue weighted by Crippen LogP contribution is 2.16. The van der Waals surface area contributed by atoms with Gasteiger partial charge in [0, 0.05) is 18.5 Å². The summed E-state index contributed by atoms with van der Waals surface area (Å²) in [5.41, 5.74) is 1.76. The zero-order valence-corrected chi connectivity index (χ0v) is 7.77. The summed E-state index contributed by atoms with van der Waals surface area (Å²) in [4.78, 5) is 4.09. The zero-order chi connectivity index (χ0) is 9.68. The molecule has 0 amide bonds. The van der Waals surface area contributed by atoms with E-state index in [0.29, 0.717) is 12.8 Å². The molecular weight excluding hydrogens is 166 g/mol. The summed E-state index contributed by atoms with van der Waals surface area (Å²) in [5, 5.41) is 18.2. The predicted octanol–water partition coefficient (Wildman–Crippen LogP) is 1.20. The van der Waals surface area contributed by atoms with E-state index in [1.807, 2.05) is 19.1 Å². The molecule has 0 saturated carbocycles. The molecule has 0 unspecified atom stereocenters.